The van der Waals surface area contributed by atoms with Gasteiger partial charge < -0.3 is 15.0 Å². The number of primary sulfonamides is 1. The van der Waals surface area contributed by atoms with E-state index in [1.165, 1.54) is 29.2 Å². The van der Waals surface area contributed by atoms with Gasteiger partial charge in [0, 0.05) is 19.3 Å². The summed E-state index contributed by atoms with van der Waals surface area (Å²) < 4.78 is 27.7. The molecule has 0 aliphatic rings. The summed E-state index contributed by atoms with van der Waals surface area (Å²) in [5, 5.41) is 7.69. The molecule has 0 aromatic heterocycles. The Morgan fingerprint density at radius 3 is 2.11 bits per heavy atom. The van der Waals surface area contributed by atoms with Gasteiger partial charge in [0.15, 0.2) is 6.61 Å². The molecule has 9 nitrogen and oxygen atoms in total. The minimum absolute atomic E-state index is 0.00548. The van der Waals surface area contributed by atoms with E-state index in [9.17, 15) is 22.8 Å². The molecule has 35 heavy (non-hydrogen) atoms. The standard InChI is InChI=1S/C25H25N3O6S/c1-28(19-7-3-2-4-8-19)24(30)21-9-5-6-10-22(21)25(31)34-17-23(29)27-16-15-18-11-13-20(14-12-18)35(26,32)33/h2-14H,15-17H2,1H3,(H,27,29)(H2,26,32,33). The summed E-state index contributed by atoms with van der Waals surface area (Å²) in [7, 11) is -2.15. The molecule has 3 aromatic rings. The third kappa shape index (κ3) is 6.98. The lowest BCUT2D eigenvalue weighted by atomic mass is 10.1. The molecule has 0 saturated heterocycles. The molecule has 0 aliphatic carbocycles. The lowest BCUT2D eigenvalue weighted by Crippen LogP contribution is -2.31. The fourth-order valence-corrected chi connectivity index (χ4v) is 3.76. The first kappa shape index (κ1) is 25.6. The van der Waals surface area contributed by atoms with E-state index >= 15 is 0 Å². The van der Waals surface area contributed by atoms with Gasteiger partial charge in [-0.3, -0.25) is 9.59 Å². The Labute approximate surface area is 203 Å². The van der Waals surface area contributed by atoms with Crippen molar-refractivity contribution in [2.45, 2.75) is 11.3 Å². The Hall–Kier alpha value is -4.02. The molecular weight excluding hydrogens is 470 g/mol. The Balaban J connectivity index is 1.53. The molecule has 0 unspecified atom stereocenters. The highest BCUT2D eigenvalue weighted by atomic mass is 32.2. The van der Waals surface area contributed by atoms with E-state index in [0.29, 0.717) is 12.1 Å². The fraction of sp³-hybridized carbons (Fsp3) is 0.160. The Bertz CT molecular complexity index is 1310. The maximum Gasteiger partial charge on any atom is 0.339 e. The summed E-state index contributed by atoms with van der Waals surface area (Å²) in [5.74, 6) is -1.68. The Morgan fingerprint density at radius 2 is 1.49 bits per heavy atom. The van der Waals surface area contributed by atoms with Gasteiger partial charge >= 0.3 is 5.97 Å². The zero-order chi connectivity index (χ0) is 25.4. The topological polar surface area (TPSA) is 136 Å². The highest BCUT2D eigenvalue weighted by Crippen LogP contribution is 2.18. The van der Waals surface area contributed by atoms with Gasteiger partial charge in [0.25, 0.3) is 11.8 Å². The molecule has 0 radical (unpaired) electrons. The first-order chi connectivity index (χ1) is 16.7. The Kier molecular flexibility index (Phi) is 8.34. The number of anilines is 1. The van der Waals surface area contributed by atoms with E-state index in [0.717, 1.165) is 5.56 Å². The number of sulfonamides is 1. The number of nitrogens with two attached hydrogens (primary N) is 1. The highest BCUT2D eigenvalue weighted by Gasteiger charge is 2.22. The van der Waals surface area contributed by atoms with Crippen LogP contribution in [0.1, 0.15) is 26.3 Å². The summed E-state index contributed by atoms with van der Waals surface area (Å²) in [5.41, 5.74) is 1.68. The average molecular weight is 496 g/mol. The van der Waals surface area contributed by atoms with E-state index in [1.807, 2.05) is 6.07 Å². The minimum Gasteiger partial charge on any atom is -0.452 e. The summed E-state index contributed by atoms with van der Waals surface area (Å²) >= 11 is 0. The minimum atomic E-state index is -3.76. The van der Waals surface area contributed by atoms with Gasteiger partial charge in [0.2, 0.25) is 10.0 Å². The monoisotopic (exact) mass is 495 g/mol. The number of hydrogen-bond donors (Lipinski definition) is 2. The van der Waals surface area contributed by atoms with Crippen LogP contribution in [0.5, 0.6) is 0 Å². The number of amides is 2. The molecule has 3 N–H and O–H groups in total. The van der Waals surface area contributed by atoms with Gasteiger partial charge in [0.1, 0.15) is 0 Å². The van der Waals surface area contributed by atoms with Crippen LogP contribution in [0.2, 0.25) is 0 Å². The molecule has 182 valence electrons. The van der Waals surface area contributed by atoms with Gasteiger partial charge in [-0.2, -0.15) is 0 Å². The van der Waals surface area contributed by atoms with E-state index in [1.54, 1.807) is 55.6 Å². The van der Waals surface area contributed by atoms with Gasteiger partial charge in [-0.05, 0) is 48.4 Å². The van der Waals surface area contributed by atoms with Crippen LogP contribution in [-0.4, -0.2) is 46.4 Å². The molecule has 0 aliphatic heterocycles. The quantitative estimate of drug-likeness (QED) is 0.437. The van der Waals surface area contributed by atoms with Gasteiger partial charge in [-0.25, -0.2) is 18.4 Å². The van der Waals surface area contributed by atoms with E-state index in [-0.39, 0.29) is 28.5 Å². The molecule has 10 heteroatoms. The number of carbonyl (C=O) groups is 3. The molecule has 2 amide bonds. The molecule has 0 saturated carbocycles. The van der Waals surface area contributed by atoms with Gasteiger partial charge in [-0.1, -0.05) is 42.5 Å². The normalized spacial score (nSPS) is 10.9. The number of rotatable bonds is 9. The summed E-state index contributed by atoms with van der Waals surface area (Å²) in [6.45, 7) is -0.262. The number of ether oxygens (including phenoxy) is 1. The van der Waals surface area contributed by atoms with Crippen LogP contribution in [-0.2, 0) is 26.0 Å². The number of benzene rings is 3. The number of hydrogen-bond acceptors (Lipinski definition) is 6. The second-order valence-electron chi connectivity index (χ2n) is 7.61. The van der Waals surface area contributed by atoms with Gasteiger partial charge in [0.05, 0.1) is 16.0 Å². The second kappa shape index (κ2) is 11.4. The van der Waals surface area contributed by atoms with E-state index < -0.39 is 28.5 Å². The van der Waals surface area contributed by atoms with Crippen molar-refractivity contribution in [2.75, 3.05) is 25.1 Å². The maximum atomic E-state index is 13.0. The van der Waals surface area contributed by atoms with Crippen LogP contribution in [0.4, 0.5) is 5.69 Å². The van der Waals surface area contributed by atoms with Crippen molar-refractivity contribution in [1.29, 1.82) is 0 Å². The lowest BCUT2D eigenvalue weighted by molar-refractivity contribution is -0.124. The van der Waals surface area contributed by atoms with E-state index in [2.05, 4.69) is 5.32 Å². The number of esters is 1. The fourth-order valence-electron chi connectivity index (χ4n) is 3.25. The predicted octanol–water partition coefficient (Wildman–Crippen LogP) is 2.13. The summed E-state index contributed by atoms with van der Waals surface area (Å²) in [6, 6.07) is 21.2. The van der Waals surface area contributed by atoms with Crippen LogP contribution >= 0.6 is 0 Å². The average Bonchev–Trinajstić information content (AvgIpc) is 2.86. The van der Waals surface area contributed by atoms with Crippen molar-refractivity contribution in [2.24, 2.45) is 5.14 Å². The SMILES string of the molecule is CN(C(=O)c1ccccc1C(=O)OCC(=O)NCCc1ccc(S(N)(=O)=O)cc1)c1ccccc1. The Morgan fingerprint density at radius 1 is 0.886 bits per heavy atom. The number of nitrogens with one attached hydrogen (secondary N) is 1. The molecule has 0 bridgehead atoms. The smallest absolute Gasteiger partial charge is 0.339 e. The van der Waals surface area contributed by atoms with Crippen LogP contribution in [0.25, 0.3) is 0 Å². The molecule has 3 rings (SSSR count). The largest absolute Gasteiger partial charge is 0.452 e. The maximum absolute atomic E-state index is 13.0. The first-order valence-corrected chi connectivity index (χ1v) is 12.2. The van der Waals surface area contributed by atoms with Crippen molar-refractivity contribution in [3.63, 3.8) is 0 Å². The van der Waals surface area contributed by atoms with Crippen LogP contribution in [0.3, 0.4) is 0 Å². The number of carbonyl (C=O) groups excluding carboxylic acids is 3. The molecule has 0 heterocycles. The first-order valence-electron chi connectivity index (χ1n) is 10.6. The van der Waals surface area contributed by atoms with Crippen molar-refractivity contribution < 1.29 is 27.5 Å². The molecular formula is C25H25N3O6S. The number of para-hydroxylation sites is 1. The summed E-state index contributed by atoms with van der Waals surface area (Å²) in [4.78, 5) is 39.1. The van der Waals surface area contributed by atoms with Crippen LogP contribution in [0.15, 0.2) is 83.8 Å². The van der Waals surface area contributed by atoms with Crippen molar-refractivity contribution in [3.8, 4) is 0 Å². The molecule has 0 fully saturated rings. The molecule has 3 aromatic carbocycles. The highest BCUT2D eigenvalue weighted by molar-refractivity contribution is 7.89. The third-order valence-corrected chi connectivity index (χ3v) is 6.08. The third-order valence-electron chi connectivity index (χ3n) is 5.15. The van der Waals surface area contributed by atoms with Crippen LogP contribution in [0, 0.1) is 0 Å². The molecule has 0 atom stereocenters. The lowest BCUT2D eigenvalue weighted by Gasteiger charge is -2.18. The second-order valence-corrected chi connectivity index (χ2v) is 9.17. The van der Waals surface area contributed by atoms with E-state index in [4.69, 9.17) is 9.88 Å². The van der Waals surface area contributed by atoms with Gasteiger partial charge in [-0.15, -0.1) is 0 Å². The van der Waals surface area contributed by atoms with Crippen LogP contribution < -0.4 is 15.4 Å². The zero-order valence-corrected chi connectivity index (χ0v) is 19.8. The summed E-state index contributed by atoms with van der Waals surface area (Å²) in [6.07, 6.45) is 0.438. The van der Waals surface area contributed by atoms with Crippen molar-refractivity contribution in [3.05, 3.63) is 95.6 Å². The molecule has 0 spiro atoms. The zero-order valence-electron chi connectivity index (χ0n) is 19.0. The number of nitrogens with zero attached hydrogens (tertiary/aromatic N) is 1. The van der Waals surface area contributed by atoms with Crippen molar-refractivity contribution >= 4 is 33.5 Å². The van der Waals surface area contributed by atoms with Crippen molar-refractivity contribution in [1.82, 2.24) is 5.32 Å². The predicted molar refractivity (Wildman–Crippen MR) is 130 cm³/mol.